The van der Waals surface area contributed by atoms with Crippen LogP contribution in [0.1, 0.15) is 29.6 Å². The standard InChI is InChI=1S/C19H22N2O/c20-18-10-4-7-14-11-21(12-17(14)18)19(22)16-9-3-6-13-5-1-2-8-15(13)16/h1-3,5-6,8-9,14,17-18H,4,7,10-12,20H2. The molecule has 3 heteroatoms. The normalized spacial score (nSPS) is 27.9. The summed E-state index contributed by atoms with van der Waals surface area (Å²) < 4.78 is 0. The third kappa shape index (κ3) is 2.20. The van der Waals surface area contributed by atoms with Crippen LogP contribution in [0.3, 0.4) is 0 Å². The first-order valence-corrected chi connectivity index (χ1v) is 8.26. The molecule has 2 N–H and O–H groups in total. The summed E-state index contributed by atoms with van der Waals surface area (Å²) in [6.45, 7) is 1.70. The second-order valence-corrected chi connectivity index (χ2v) is 6.76. The van der Waals surface area contributed by atoms with E-state index in [1.54, 1.807) is 0 Å². The quantitative estimate of drug-likeness (QED) is 0.878. The molecule has 2 aromatic rings. The summed E-state index contributed by atoms with van der Waals surface area (Å²) in [4.78, 5) is 15.0. The molecule has 4 rings (SSSR count). The summed E-state index contributed by atoms with van der Waals surface area (Å²) in [5, 5.41) is 2.18. The zero-order valence-corrected chi connectivity index (χ0v) is 12.7. The lowest BCUT2D eigenvalue weighted by Gasteiger charge is -2.29. The number of carbonyl (C=O) groups is 1. The van der Waals surface area contributed by atoms with E-state index in [1.807, 2.05) is 35.2 Å². The Morgan fingerprint density at radius 1 is 1.05 bits per heavy atom. The lowest BCUT2D eigenvalue weighted by Crippen LogP contribution is -2.38. The second kappa shape index (κ2) is 5.40. The first kappa shape index (κ1) is 13.8. The Bertz CT molecular complexity index is 706. The monoisotopic (exact) mass is 294 g/mol. The molecule has 0 radical (unpaired) electrons. The predicted octanol–water partition coefficient (Wildman–Crippen LogP) is 3.04. The van der Waals surface area contributed by atoms with E-state index in [1.165, 1.54) is 12.8 Å². The molecule has 2 aliphatic rings. The Morgan fingerprint density at radius 2 is 1.86 bits per heavy atom. The minimum atomic E-state index is 0.165. The molecule has 114 valence electrons. The van der Waals surface area contributed by atoms with E-state index in [-0.39, 0.29) is 11.9 Å². The molecule has 0 aromatic heterocycles. The number of hydrogen-bond acceptors (Lipinski definition) is 2. The lowest BCUT2D eigenvalue weighted by atomic mass is 9.78. The van der Waals surface area contributed by atoms with Gasteiger partial charge in [0.2, 0.25) is 0 Å². The summed E-state index contributed by atoms with van der Waals surface area (Å²) in [6.07, 6.45) is 3.54. The van der Waals surface area contributed by atoms with Crippen LogP contribution in [0.25, 0.3) is 10.8 Å². The van der Waals surface area contributed by atoms with Crippen molar-refractivity contribution >= 4 is 16.7 Å². The Kier molecular flexibility index (Phi) is 3.38. The molecule has 1 aliphatic carbocycles. The van der Waals surface area contributed by atoms with Crippen LogP contribution in [0.15, 0.2) is 42.5 Å². The average molecular weight is 294 g/mol. The number of rotatable bonds is 1. The zero-order chi connectivity index (χ0) is 15.1. The van der Waals surface area contributed by atoms with E-state index < -0.39 is 0 Å². The van der Waals surface area contributed by atoms with Gasteiger partial charge in [0.1, 0.15) is 0 Å². The Morgan fingerprint density at radius 3 is 2.73 bits per heavy atom. The van der Waals surface area contributed by atoms with Gasteiger partial charge >= 0.3 is 0 Å². The summed E-state index contributed by atoms with van der Waals surface area (Å²) in [6, 6.07) is 14.4. The van der Waals surface area contributed by atoms with Gasteiger partial charge in [0, 0.05) is 24.7 Å². The Hall–Kier alpha value is -1.87. The largest absolute Gasteiger partial charge is 0.338 e. The van der Waals surface area contributed by atoms with Gasteiger partial charge in [-0.15, -0.1) is 0 Å². The first-order valence-electron chi connectivity index (χ1n) is 8.26. The molecule has 2 aromatic carbocycles. The van der Waals surface area contributed by atoms with E-state index in [0.29, 0.717) is 11.8 Å². The SMILES string of the molecule is NC1CCCC2CN(C(=O)c3cccc4ccccc34)CC12. The second-order valence-electron chi connectivity index (χ2n) is 6.76. The zero-order valence-electron chi connectivity index (χ0n) is 12.7. The molecule has 0 bridgehead atoms. The van der Waals surface area contributed by atoms with E-state index >= 15 is 0 Å². The number of amides is 1. The van der Waals surface area contributed by atoms with Gasteiger partial charge in [-0.25, -0.2) is 0 Å². The van der Waals surface area contributed by atoms with Crippen molar-refractivity contribution in [3.8, 4) is 0 Å². The van der Waals surface area contributed by atoms with E-state index in [0.717, 1.165) is 35.8 Å². The van der Waals surface area contributed by atoms with E-state index in [2.05, 4.69) is 12.1 Å². The number of nitrogens with zero attached hydrogens (tertiary/aromatic N) is 1. The predicted molar refractivity (Wildman–Crippen MR) is 88.7 cm³/mol. The molecular formula is C19H22N2O. The highest BCUT2D eigenvalue weighted by molar-refractivity contribution is 6.07. The van der Waals surface area contributed by atoms with Crippen molar-refractivity contribution in [2.24, 2.45) is 17.6 Å². The van der Waals surface area contributed by atoms with Crippen molar-refractivity contribution < 1.29 is 4.79 Å². The summed E-state index contributed by atoms with van der Waals surface area (Å²) >= 11 is 0. The van der Waals surface area contributed by atoms with Gasteiger partial charge in [-0.05, 0) is 41.5 Å². The number of nitrogens with two attached hydrogens (primary N) is 1. The van der Waals surface area contributed by atoms with Gasteiger partial charge in [-0.1, -0.05) is 42.8 Å². The van der Waals surface area contributed by atoms with Crippen LogP contribution in [0.4, 0.5) is 0 Å². The number of fused-ring (bicyclic) bond motifs is 2. The molecule has 1 aliphatic heterocycles. The van der Waals surface area contributed by atoms with Crippen LogP contribution in [0.2, 0.25) is 0 Å². The fourth-order valence-corrected chi connectivity index (χ4v) is 4.26. The van der Waals surface area contributed by atoms with Crippen LogP contribution < -0.4 is 5.73 Å². The Labute approximate surface area is 131 Å². The minimum Gasteiger partial charge on any atom is -0.338 e. The molecule has 1 saturated carbocycles. The number of likely N-dealkylation sites (tertiary alicyclic amines) is 1. The van der Waals surface area contributed by atoms with E-state index in [4.69, 9.17) is 5.73 Å². The van der Waals surface area contributed by atoms with Crippen LogP contribution in [0.5, 0.6) is 0 Å². The summed E-state index contributed by atoms with van der Waals surface area (Å²) in [5.74, 6) is 1.26. The lowest BCUT2D eigenvalue weighted by molar-refractivity contribution is 0.0785. The molecule has 1 amide bonds. The highest BCUT2D eigenvalue weighted by Gasteiger charge is 2.40. The molecular weight excluding hydrogens is 272 g/mol. The highest BCUT2D eigenvalue weighted by Crippen LogP contribution is 2.36. The van der Waals surface area contributed by atoms with E-state index in [9.17, 15) is 4.79 Å². The summed E-state index contributed by atoms with van der Waals surface area (Å²) in [5.41, 5.74) is 7.10. The van der Waals surface area contributed by atoms with Crippen molar-refractivity contribution in [3.05, 3.63) is 48.0 Å². The van der Waals surface area contributed by atoms with Crippen LogP contribution in [0, 0.1) is 11.8 Å². The minimum absolute atomic E-state index is 0.165. The molecule has 22 heavy (non-hydrogen) atoms. The molecule has 3 atom stereocenters. The van der Waals surface area contributed by atoms with Gasteiger partial charge < -0.3 is 10.6 Å². The molecule has 0 spiro atoms. The maximum Gasteiger partial charge on any atom is 0.254 e. The third-order valence-corrected chi connectivity index (χ3v) is 5.46. The van der Waals surface area contributed by atoms with Crippen LogP contribution >= 0.6 is 0 Å². The van der Waals surface area contributed by atoms with Gasteiger partial charge in [-0.2, -0.15) is 0 Å². The van der Waals surface area contributed by atoms with Crippen LogP contribution in [-0.4, -0.2) is 29.9 Å². The Balaban J connectivity index is 1.64. The highest BCUT2D eigenvalue weighted by atomic mass is 16.2. The van der Waals surface area contributed by atoms with Gasteiger partial charge in [0.15, 0.2) is 0 Å². The number of benzene rings is 2. The topological polar surface area (TPSA) is 46.3 Å². The average Bonchev–Trinajstić information content (AvgIpc) is 2.99. The smallest absolute Gasteiger partial charge is 0.254 e. The molecule has 2 fully saturated rings. The maximum absolute atomic E-state index is 13.0. The molecule has 1 heterocycles. The molecule has 3 nitrogen and oxygen atoms in total. The third-order valence-electron chi connectivity index (χ3n) is 5.46. The first-order chi connectivity index (χ1) is 10.7. The van der Waals surface area contributed by atoms with Crippen molar-refractivity contribution in [2.45, 2.75) is 25.3 Å². The van der Waals surface area contributed by atoms with Crippen molar-refractivity contribution in [3.63, 3.8) is 0 Å². The van der Waals surface area contributed by atoms with Gasteiger partial charge in [0.05, 0.1) is 0 Å². The van der Waals surface area contributed by atoms with Crippen molar-refractivity contribution in [1.82, 2.24) is 4.90 Å². The van der Waals surface area contributed by atoms with Crippen LogP contribution in [-0.2, 0) is 0 Å². The van der Waals surface area contributed by atoms with Crippen molar-refractivity contribution in [1.29, 1.82) is 0 Å². The maximum atomic E-state index is 13.0. The van der Waals surface area contributed by atoms with Gasteiger partial charge in [0.25, 0.3) is 5.91 Å². The van der Waals surface area contributed by atoms with Crippen molar-refractivity contribution in [2.75, 3.05) is 13.1 Å². The number of hydrogen-bond donors (Lipinski definition) is 1. The van der Waals surface area contributed by atoms with Gasteiger partial charge in [-0.3, -0.25) is 4.79 Å². The molecule has 3 unspecified atom stereocenters. The summed E-state index contributed by atoms with van der Waals surface area (Å²) in [7, 11) is 0. The number of carbonyl (C=O) groups excluding carboxylic acids is 1. The molecule has 1 saturated heterocycles. The fourth-order valence-electron chi connectivity index (χ4n) is 4.26. The fraction of sp³-hybridized carbons (Fsp3) is 0.421.